The Labute approximate surface area is 208 Å². The molecule has 1 aliphatic heterocycles. The summed E-state index contributed by atoms with van der Waals surface area (Å²) in [5.74, 6) is 2.07. The molecule has 2 heterocycles. The van der Waals surface area contributed by atoms with Gasteiger partial charge < -0.3 is 14.2 Å². The minimum Gasteiger partial charge on any atom is -0.490 e. The zero-order valence-electron chi connectivity index (χ0n) is 19.8. The number of rotatable bonds is 8. The van der Waals surface area contributed by atoms with Gasteiger partial charge in [-0.3, -0.25) is 9.52 Å². The molecule has 1 aliphatic carbocycles. The lowest BCUT2D eigenvalue weighted by Crippen LogP contribution is -2.43. The molecule has 0 saturated carbocycles. The highest BCUT2D eigenvalue weighted by molar-refractivity contribution is 7.98. The second kappa shape index (κ2) is 10.1. The molecule has 2 aromatic carbocycles. The van der Waals surface area contributed by atoms with E-state index in [4.69, 9.17) is 9.26 Å². The molecule has 1 atom stereocenters. The zero-order valence-corrected chi connectivity index (χ0v) is 20.6. The molecule has 2 aliphatic rings. The van der Waals surface area contributed by atoms with Crippen molar-refractivity contribution < 1.29 is 14.1 Å². The fourth-order valence-electron chi connectivity index (χ4n) is 4.40. The summed E-state index contributed by atoms with van der Waals surface area (Å²) in [6.45, 7) is 5.61. The van der Waals surface area contributed by atoms with Crippen molar-refractivity contribution >= 4 is 17.9 Å². The molecule has 8 nitrogen and oxygen atoms in total. The molecular formula is C26H27N5O3S. The van der Waals surface area contributed by atoms with Crippen LogP contribution in [0.5, 0.6) is 5.75 Å². The molecule has 3 aromatic rings. The Balaban J connectivity index is 1.31. The van der Waals surface area contributed by atoms with Crippen molar-refractivity contribution in [2.45, 2.75) is 45.3 Å². The number of fused-ring (bicyclic) bond motifs is 1. The summed E-state index contributed by atoms with van der Waals surface area (Å²) in [7, 11) is 0. The number of carbonyl (C=O) groups excluding carboxylic acids is 1. The van der Waals surface area contributed by atoms with E-state index in [-0.39, 0.29) is 18.1 Å². The zero-order chi connectivity index (χ0) is 24.4. The first-order chi connectivity index (χ1) is 17.0. The number of nitrogens with one attached hydrogen (secondary N) is 1. The van der Waals surface area contributed by atoms with Gasteiger partial charge in [0.05, 0.1) is 17.4 Å². The van der Waals surface area contributed by atoms with Crippen molar-refractivity contribution in [1.82, 2.24) is 19.8 Å². The quantitative estimate of drug-likeness (QED) is 0.461. The highest BCUT2D eigenvalue weighted by Crippen LogP contribution is 2.38. The van der Waals surface area contributed by atoms with Crippen LogP contribution in [0.25, 0.3) is 22.8 Å². The van der Waals surface area contributed by atoms with E-state index >= 15 is 0 Å². The summed E-state index contributed by atoms with van der Waals surface area (Å²) in [5.41, 5.74) is 4.45. The fourth-order valence-corrected chi connectivity index (χ4v) is 5.24. The van der Waals surface area contributed by atoms with Crippen LogP contribution in [0.4, 0.5) is 0 Å². The molecule has 35 heavy (non-hydrogen) atoms. The maximum atomic E-state index is 12.1. The number of hydrogen-bond donors (Lipinski definition) is 1. The van der Waals surface area contributed by atoms with E-state index in [9.17, 15) is 10.1 Å². The van der Waals surface area contributed by atoms with E-state index in [2.05, 4.69) is 27.0 Å². The molecule has 1 fully saturated rings. The summed E-state index contributed by atoms with van der Waals surface area (Å²) in [4.78, 5) is 18.7. The molecule has 1 saturated heterocycles. The lowest BCUT2D eigenvalue weighted by Gasteiger charge is -2.30. The predicted molar refractivity (Wildman–Crippen MR) is 134 cm³/mol. The van der Waals surface area contributed by atoms with Gasteiger partial charge in [0.25, 0.3) is 5.89 Å². The van der Waals surface area contributed by atoms with Gasteiger partial charge in [0, 0.05) is 30.3 Å². The van der Waals surface area contributed by atoms with Crippen LogP contribution in [0.15, 0.2) is 40.9 Å². The number of carbonyl (C=O) groups is 1. The van der Waals surface area contributed by atoms with E-state index < -0.39 is 0 Å². The van der Waals surface area contributed by atoms with Gasteiger partial charge in [0.2, 0.25) is 11.7 Å². The number of ether oxygens (including phenoxy) is 1. The minimum absolute atomic E-state index is 0.0270. The number of likely N-dealkylation sites (tertiary alicyclic amines) is 1. The van der Waals surface area contributed by atoms with E-state index in [0.717, 1.165) is 37.9 Å². The predicted octanol–water partition coefficient (Wildman–Crippen LogP) is 4.52. The molecule has 0 bridgehead atoms. The third-order valence-electron chi connectivity index (χ3n) is 6.28. The molecule has 180 valence electrons. The Bertz CT molecular complexity index is 1280. The van der Waals surface area contributed by atoms with Crippen LogP contribution in [0.1, 0.15) is 49.4 Å². The Morgan fingerprint density at radius 3 is 2.94 bits per heavy atom. The van der Waals surface area contributed by atoms with Gasteiger partial charge in [0.15, 0.2) is 0 Å². The van der Waals surface area contributed by atoms with Crippen molar-refractivity contribution in [3.8, 4) is 34.7 Å². The average Bonchev–Trinajstić information content (AvgIpc) is 3.45. The van der Waals surface area contributed by atoms with Crippen molar-refractivity contribution in [1.29, 1.82) is 5.26 Å². The first-order valence-electron chi connectivity index (χ1n) is 11.9. The van der Waals surface area contributed by atoms with Crippen LogP contribution in [-0.2, 0) is 11.2 Å². The van der Waals surface area contributed by atoms with E-state index in [1.807, 2.05) is 36.9 Å². The van der Waals surface area contributed by atoms with E-state index in [1.54, 1.807) is 12.1 Å². The highest BCUT2D eigenvalue weighted by atomic mass is 32.2. The van der Waals surface area contributed by atoms with Gasteiger partial charge in [-0.15, -0.1) is 0 Å². The number of benzene rings is 2. The summed E-state index contributed by atoms with van der Waals surface area (Å²) in [6.07, 6.45) is 2.93. The van der Waals surface area contributed by atoms with Crippen LogP contribution in [-0.4, -0.2) is 45.9 Å². The van der Waals surface area contributed by atoms with Crippen molar-refractivity contribution in [3.05, 3.63) is 53.1 Å². The van der Waals surface area contributed by atoms with Crippen LogP contribution < -0.4 is 9.46 Å². The normalized spacial score (nSPS) is 16.6. The average molecular weight is 490 g/mol. The van der Waals surface area contributed by atoms with Gasteiger partial charge in [-0.05, 0) is 62.4 Å². The molecule has 0 unspecified atom stereocenters. The Morgan fingerprint density at radius 2 is 2.20 bits per heavy atom. The number of amides is 1. The number of nitriles is 1. The van der Waals surface area contributed by atoms with E-state index in [0.29, 0.717) is 34.3 Å². The highest BCUT2D eigenvalue weighted by Gasteiger charge is 2.27. The van der Waals surface area contributed by atoms with Crippen LogP contribution in [0, 0.1) is 11.3 Å². The number of aromatic nitrogens is 2. The monoisotopic (exact) mass is 489 g/mol. The molecule has 1 aromatic heterocycles. The summed E-state index contributed by atoms with van der Waals surface area (Å²) >= 11 is 1.48. The molecule has 5 rings (SSSR count). The van der Waals surface area contributed by atoms with Crippen LogP contribution >= 0.6 is 11.9 Å². The van der Waals surface area contributed by atoms with Gasteiger partial charge in [-0.25, -0.2) is 0 Å². The fraction of sp³-hybridized carbons (Fsp3) is 0.385. The van der Waals surface area contributed by atoms with Gasteiger partial charge in [-0.1, -0.05) is 35.3 Å². The topological polar surface area (TPSA) is 104 Å². The van der Waals surface area contributed by atoms with Crippen molar-refractivity contribution in [3.63, 3.8) is 0 Å². The lowest BCUT2D eigenvalue weighted by atomic mass is 10.0. The number of nitrogens with zero attached hydrogens (tertiary/aromatic N) is 4. The van der Waals surface area contributed by atoms with Crippen LogP contribution in [0.3, 0.4) is 0 Å². The molecule has 9 heteroatoms. The molecule has 1 N–H and O–H groups in total. The second-order valence-corrected chi connectivity index (χ2v) is 9.83. The third kappa shape index (κ3) is 4.90. The largest absolute Gasteiger partial charge is 0.490 e. The summed E-state index contributed by atoms with van der Waals surface area (Å²) in [6, 6.07) is 13.8. The maximum absolute atomic E-state index is 12.1. The summed E-state index contributed by atoms with van der Waals surface area (Å²) < 4.78 is 14.7. The first kappa shape index (κ1) is 23.4. The Morgan fingerprint density at radius 1 is 1.34 bits per heavy atom. The number of hydrogen-bond acceptors (Lipinski definition) is 8. The molecule has 1 amide bonds. The van der Waals surface area contributed by atoms with Gasteiger partial charge >= 0.3 is 0 Å². The minimum atomic E-state index is -0.0270. The van der Waals surface area contributed by atoms with Gasteiger partial charge in [-0.2, -0.15) is 10.2 Å². The SMILES string of the molecule is CC(C)Oc1ccc(-c2nc(-c3cccc4c3CC[C@H]4NSCC(=O)N3CCC3)no2)cc1C#N. The second-order valence-electron chi connectivity index (χ2n) is 9.02. The first-order valence-corrected chi connectivity index (χ1v) is 12.8. The Kier molecular flexibility index (Phi) is 6.75. The Hall–Kier alpha value is -3.35. The van der Waals surface area contributed by atoms with Crippen molar-refractivity contribution in [2.24, 2.45) is 0 Å². The third-order valence-corrected chi connectivity index (χ3v) is 7.12. The van der Waals surface area contributed by atoms with Gasteiger partial charge in [0.1, 0.15) is 11.8 Å². The standard InChI is InChI=1S/C26H27N5O3S/c1-16(2)33-23-10-7-17(13-18(23)14-27)26-28-25(29-34-26)21-6-3-5-20-19(21)8-9-22(20)30-35-15-24(32)31-11-4-12-31/h3,5-7,10,13,16,22,30H,4,8-9,11-12,15H2,1-2H3/t22-/m1/s1. The maximum Gasteiger partial charge on any atom is 0.258 e. The molecule has 0 radical (unpaired) electrons. The lowest BCUT2D eigenvalue weighted by molar-refractivity contribution is -0.131. The summed E-state index contributed by atoms with van der Waals surface area (Å²) in [5, 5.41) is 13.8. The van der Waals surface area contributed by atoms with Crippen molar-refractivity contribution in [2.75, 3.05) is 18.8 Å². The molecule has 0 spiro atoms. The smallest absolute Gasteiger partial charge is 0.258 e. The van der Waals surface area contributed by atoms with E-state index in [1.165, 1.54) is 23.1 Å². The van der Waals surface area contributed by atoms with Crippen LogP contribution in [0.2, 0.25) is 0 Å². The molecular weight excluding hydrogens is 462 g/mol.